The number of hydrogen-bond acceptors (Lipinski definition) is 0. The maximum atomic E-state index is 4.25. The second kappa shape index (κ2) is 2.74. The summed E-state index contributed by atoms with van der Waals surface area (Å²) in [6.07, 6.45) is 5.54. The molecule has 2 saturated carbocycles. The van der Waals surface area contributed by atoms with E-state index in [1.807, 2.05) is 5.57 Å². The minimum atomic E-state index is 0.889. The van der Waals surface area contributed by atoms with Gasteiger partial charge >= 0.3 is 0 Å². The monoisotopic (exact) mass is 188 g/mol. The van der Waals surface area contributed by atoms with Gasteiger partial charge < -0.3 is 0 Å². The van der Waals surface area contributed by atoms with Crippen molar-refractivity contribution in [3.8, 4) is 0 Å². The molecular formula is C14H20. The Morgan fingerprint density at radius 3 is 2.71 bits per heavy atom. The van der Waals surface area contributed by atoms with Crippen molar-refractivity contribution >= 4 is 0 Å². The zero-order chi connectivity index (χ0) is 9.87. The van der Waals surface area contributed by atoms with E-state index in [0.29, 0.717) is 0 Å². The van der Waals surface area contributed by atoms with Gasteiger partial charge in [0.25, 0.3) is 0 Å². The molecule has 0 amide bonds. The molecule has 0 spiro atoms. The predicted octanol–water partition coefficient (Wildman–Crippen LogP) is 3.95. The van der Waals surface area contributed by atoms with Gasteiger partial charge in [0, 0.05) is 0 Å². The molecule has 0 N–H and O–H groups in total. The molecule has 0 aromatic carbocycles. The van der Waals surface area contributed by atoms with Crippen molar-refractivity contribution in [2.24, 2.45) is 23.7 Å². The van der Waals surface area contributed by atoms with Gasteiger partial charge in [0.2, 0.25) is 0 Å². The van der Waals surface area contributed by atoms with Crippen LogP contribution in [0.4, 0.5) is 0 Å². The van der Waals surface area contributed by atoms with Crippen LogP contribution in [0, 0.1) is 23.7 Å². The summed E-state index contributed by atoms with van der Waals surface area (Å²) in [5.41, 5.74) is 5.12. The van der Waals surface area contributed by atoms with Crippen LogP contribution in [0.25, 0.3) is 0 Å². The van der Waals surface area contributed by atoms with Crippen molar-refractivity contribution in [1.82, 2.24) is 0 Å². The Morgan fingerprint density at radius 2 is 1.93 bits per heavy atom. The summed E-state index contributed by atoms with van der Waals surface area (Å²) in [7, 11) is 0. The molecule has 0 heterocycles. The summed E-state index contributed by atoms with van der Waals surface area (Å²) >= 11 is 0. The van der Waals surface area contributed by atoms with Crippen molar-refractivity contribution in [3.63, 3.8) is 0 Å². The van der Waals surface area contributed by atoms with Gasteiger partial charge in [-0.2, -0.15) is 0 Å². The van der Waals surface area contributed by atoms with Crippen LogP contribution in [0.15, 0.2) is 23.3 Å². The van der Waals surface area contributed by atoms with Crippen molar-refractivity contribution in [3.05, 3.63) is 23.3 Å². The first-order valence-corrected chi connectivity index (χ1v) is 6.07. The lowest BCUT2D eigenvalue weighted by Gasteiger charge is -2.17. The molecule has 0 aliphatic heterocycles. The van der Waals surface area contributed by atoms with Gasteiger partial charge in [-0.15, -0.1) is 0 Å². The highest BCUT2D eigenvalue weighted by Crippen LogP contribution is 2.61. The molecular weight excluding hydrogens is 168 g/mol. The predicted molar refractivity (Wildman–Crippen MR) is 59.9 cm³/mol. The molecule has 14 heavy (non-hydrogen) atoms. The minimum absolute atomic E-state index is 0.889. The van der Waals surface area contributed by atoms with Crippen molar-refractivity contribution < 1.29 is 0 Å². The first kappa shape index (κ1) is 8.76. The van der Waals surface area contributed by atoms with Gasteiger partial charge in [0.15, 0.2) is 0 Å². The number of hydrogen-bond donors (Lipinski definition) is 0. The summed E-state index contributed by atoms with van der Waals surface area (Å²) < 4.78 is 0. The fourth-order valence-electron chi connectivity index (χ4n) is 3.92. The quantitative estimate of drug-likeness (QED) is 0.505. The van der Waals surface area contributed by atoms with E-state index in [2.05, 4.69) is 20.4 Å². The maximum absolute atomic E-state index is 4.25. The van der Waals surface area contributed by atoms with Crippen LogP contribution >= 0.6 is 0 Å². The molecule has 3 aliphatic carbocycles. The Balaban J connectivity index is 2.01. The summed E-state index contributed by atoms with van der Waals surface area (Å²) in [6, 6.07) is 0. The molecule has 0 aromatic heterocycles. The third-order valence-corrected chi connectivity index (χ3v) is 4.88. The van der Waals surface area contributed by atoms with Gasteiger partial charge in [-0.05, 0) is 56.3 Å². The highest BCUT2D eigenvalue weighted by atomic mass is 14.6. The first-order chi connectivity index (χ1) is 6.70. The smallest absolute Gasteiger partial charge is 0.00689 e. The third-order valence-electron chi connectivity index (χ3n) is 4.88. The van der Waals surface area contributed by atoms with E-state index in [-0.39, 0.29) is 0 Å². The lowest BCUT2D eigenvalue weighted by atomic mass is 9.88. The Kier molecular flexibility index (Phi) is 1.72. The average Bonchev–Trinajstić information content (AvgIpc) is 2.67. The summed E-state index contributed by atoms with van der Waals surface area (Å²) in [6.45, 7) is 9.06. The van der Waals surface area contributed by atoms with Gasteiger partial charge in [-0.1, -0.05) is 30.2 Å². The van der Waals surface area contributed by atoms with E-state index < -0.39 is 0 Å². The summed E-state index contributed by atoms with van der Waals surface area (Å²) in [5.74, 6) is 3.60. The van der Waals surface area contributed by atoms with E-state index in [1.165, 1.54) is 25.7 Å². The molecule has 0 saturated heterocycles. The first-order valence-electron chi connectivity index (χ1n) is 6.07. The number of rotatable bonds is 0. The zero-order valence-corrected chi connectivity index (χ0v) is 9.34. The second-order valence-electron chi connectivity index (χ2n) is 5.59. The largest absolute Gasteiger partial charge is 0.0992 e. The highest BCUT2D eigenvalue weighted by molar-refractivity contribution is 5.37. The van der Waals surface area contributed by atoms with Gasteiger partial charge in [0.05, 0.1) is 0 Å². The van der Waals surface area contributed by atoms with E-state index in [0.717, 1.165) is 23.7 Å². The summed E-state index contributed by atoms with van der Waals surface area (Å²) in [5, 5.41) is 0. The SMILES string of the molecule is C=C1C2[C@H]3C(=C(C)CC[C@@H]12)CC[C@H]3C. The molecule has 4 atom stereocenters. The zero-order valence-electron chi connectivity index (χ0n) is 9.34. The standard InChI is InChI=1S/C14H20/c1-8-4-7-12-10(3)14(12)13-9(2)5-6-11(8)13/h9,12-14H,3-7H2,1-2H3/t9-,12+,13-,14?/m1/s1. The lowest BCUT2D eigenvalue weighted by Crippen LogP contribution is -2.09. The molecule has 3 rings (SSSR count). The Labute approximate surface area is 87.1 Å². The van der Waals surface area contributed by atoms with E-state index in [1.54, 1.807) is 11.1 Å². The molecule has 0 aromatic rings. The van der Waals surface area contributed by atoms with Crippen LogP contribution in [0.2, 0.25) is 0 Å². The number of allylic oxidation sites excluding steroid dienone is 3. The van der Waals surface area contributed by atoms with E-state index >= 15 is 0 Å². The fourth-order valence-corrected chi connectivity index (χ4v) is 3.92. The van der Waals surface area contributed by atoms with Gasteiger partial charge in [-0.25, -0.2) is 0 Å². The molecule has 0 radical (unpaired) electrons. The van der Waals surface area contributed by atoms with Crippen LogP contribution in [-0.4, -0.2) is 0 Å². The van der Waals surface area contributed by atoms with Gasteiger partial charge in [0.1, 0.15) is 0 Å². The van der Waals surface area contributed by atoms with Crippen LogP contribution in [-0.2, 0) is 0 Å². The second-order valence-corrected chi connectivity index (χ2v) is 5.59. The molecule has 76 valence electrons. The van der Waals surface area contributed by atoms with Crippen LogP contribution < -0.4 is 0 Å². The van der Waals surface area contributed by atoms with E-state index in [4.69, 9.17) is 0 Å². The molecule has 0 nitrogen and oxygen atoms in total. The Morgan fingerprint density at radius 1 is 1.14 bits per heavy atom. The molecule has 3 aliphatic rings. The van der Waals surface area contributed by atoms with E-state index in [9.17, 15) is 0 Å². The average molecular weight is 188 g/mol. The lowest BCUT2D eigenvalue weighted by molar-refractivity contribution is 0.400. The van der Waals surface area contributed by atoms with Gasteiger partial charge in [-0.3, -0.25) is 0 Å². The fraction of sp³-hybridized carbons (Fsp3) is 0.714. The normalized spacial score (nSPS) is 46.0. The Hall–Kier alpha value is -0.520. The molecule has 0 bridgehead atoms. The molecule has 0 heteroatoms. The maximum Gasteiger partial charge on any atom is -0.00689 e. The van der Waals surface area contributed by atoms with Crippen LogP contribution in [0.5, 0.6) is 0 Å². The minimum Gasteiger partial charge on any atom is -0.0992 e. The number of fused-ring (bicyclic) bond motifs is 3. The Bertz CT molecular complexity index is 321. The molecule has 2 fully saturated rings. The van der Waals surface area contributed by atoms with Crippen LogP contribution in [0.3, 0.4) is 0 Å². The highest BCUT2D eigenvalue weighted by Gasteiger charge is 2.52. The van der Waals surface area contributed by atoms with Crippen molar-refractivity contribution in [1.29, 1.82) is 0 Å². The van der Waals surface area contributed by atoms with Crippen molar-refractivity contribution in [2.45, 2.75) is 39.5 Å². The van der Waals surface area contributed by atoms with Crippen LogP contribution in [0.1, 0.15) is 39.5 Å². The molecule has 1 unspecified atom stereocenters. The third kappa shape index (κ3) is 1.00. The topological polar surface area (TPSA) is 0 Å². The van der Waals surface area contributed by atoms with Crippen molar-refractivity contribution in [2.75, 3.05) is 0 Å². The summed E-state index contributed by atoms with van der Waals surface area (Å²) in [4.78, 5) is 0.